The van der Waals surface area contributed by atoms with E-state index in [2.05, 4.69) is 37.4 Å². The van der Waals surface area contributed by atoms with E-state index in [9.17, 15) is 4.79 Å². The predicted octanol–water partition coefficient (Wildman–Crippen LogP) is 3.95. The molecule has 1 unspecified atom stereocenters. The van der Waals surface area contributed by atoms with Crippen molar-refractivity contribution in [2.24, 2.45) is 0 Å². The Morgan fingerprint density at radius 2 is 2.26 bits per heavy atom. The molecule has 1 N–H and O–H groups in total. The van der Waals surface area contributed by atoms with Gasteiger partial charge in [0.1, 0.15) is 12.3 Å². The van der Waals surface area contributed by atoms with Crippen LogP contribution in [-0.4, -0.2) is 26.7 Å². The van der Waals surface area contributed by atoms with E-state index in [1.165, 1.54) is 6.26 Å². The van der Waals surface area contributed by atoms with Crippen molar-refractivity contribution in [1.82, 2.24) is 20.1 Å². The van der Waals surface area contributed by atoms with E-state index < -0.39 is 0 Å². The maximum Gasteiger partial charge on any atom is 0.273 e. The lowest BCUT2D eigenvalue weighted by atomic mass is 10.0. The third-order valence-electron chi connectivity index (χ3n) is 3.97. The largest absolute Gasteiger partial charge is 0.439 e. The number of nitrogens with one attached hydrogen (secondary N) is 1. The number of halogens is 2. The fourth-order valence-electron chi connectivity index (χ4n) is 2.64. The van der Waals surface area contributed by atoms with Crippen LogP contribution in [0.15, 0.2) is 39.9 Å². The number of oxazole rings is 1. The highest BCUT2D eigenvalue weighted by molar-refractivity contribution is 9.10. The smallest absolute Gasteiger partial charge is 0.273 e. The molecule has 0 aliphatic rings. The highest BCUT2D eigenvalue weighted by Crippen LogP contribution is 2.29. The highest BCUT2D eigenvalue weighted by atomic mass is 79.9. The van der Waals surface area contributed by atoms with E-state index >= 15 is 0 Å². The van der Waals surface area contributed by atoms with E-state index in [1.54, 1.807) is 10.7 Å². The minimum absolute atomic E-state index is 0.175. The first-order valence-electron chi connectivity index (χ1n) is 8.04. The fraction of sp³-hybridized carbons (Fsp3) is 0.222. The van der Waals surface area contributed by atoms with Crippen LogP contribution in [0.1, 0.15) is 28.5 Å². The van der Waals surface area contributed by atoms with Crippen LogP contribution in [0.3, 0.4) is 0 Å². The van der Waals surface area contributed by atoms with Crippen LogP contribution in [0, 0.1) is 18.3 Å². The van der Waals surface area contributed by atoms with Gasteiger partial charge in [-0.1, -0.05) is 17.7 Å². The molecular weight excluding hydrogens is 434 g/mol. The Morgan fingerprint density at radius 1 is 1.48 bits per heavy atom. The van der Waals surface area contributed by atoms with Gasteiger partial charge < -0.3 is 9.73 Å². The van der Waals surface area contributed by atoms with Crippen molar-refractivity contribution in [3.05, 3.63) is 57.3 Å². The van der Waals surface area contributed by atoms with E-state index in [4.69, 9.17) is 21.3 Å². The monoisotopic (exact) mass is 447 g/mol. The number of benzene rings is 1. The molecule has 0 bridgehead atoms. The van der Waals surface area contributed by atoms with E-state index in [-0.39, 0.29) is 22.4 Å². The van der Waals surface area contributed by atoms with Crippen LogP contribution < -0.4 is 5.32 Å². The van der Waals surface area contributed by atoms with Crippen molar-refractivity contribution in [2.75, 3.05) is 0 Å². The van der Waals surface area contributed by atoms with Crippen molar-refractivity contribution in [3.8, 4) is 17.3 Å². The molecule has 2 heterocycles. The van der Waals surface area contributed by atoms with Gasteiger partial charge in [0.2, 0.25) is 0 Å². The maximum atomic E-state index is 12.1. The SMILES string of the molecule is Cc1c(-c2ccn(CC(C)NC(=O)c3coc(Br)n3)n2)ccc(C#N)c1Cl. The number of nitriles is 1. The van der Waals surface area contributed by atoms with Crippen LogP contribution in [0.4, 0.5) is 0 Å². The Kier molecular flexibility index (Phi) is 5.63. The molecule has 0 aliphatic heterocycles. The zero-order valence-electron chi connectivity index (χ0n) is 14.5. The number of aromatic nitrogens is 3. The topological polar surface area (TPSA) is 96.7 Å². The average molecular weight is 449 g/mol. The lowest BCUT2D eigenvalue weighted by Crippen LogP contribution is -2.36. The summed E-state index contributed by atoms with van der Waals surface area (Å²) in [4.78, 5) is 16.3. The number of rotatable bonds is 5. The van der Waals surface area contributed by atoms with Crippen LogP contribution in [-0.2, 0) is 6.54 Å². The van der Waals surface area contributed by atoms with Gasteiger partial charge in [-0.2, -0.15) is 15.3 Å². The lowest BCUT2D eigenvalue weighted by Gasteiger charge is -2.13. The van der Waals surface area contributed by atoms with Crippen LogP contribution in [0.25, 0.3) is 11.3 Å². The van der Waals surface area contributed by atoms with Gasteiger partial charge in [-0.3, -0.25) is 9.48 Å². The minimum Gasteiger partial charge on any atom is -0.439 e. The minimum atomic E-state index is -0.320. The molecular formula is C18H15BrClN5O2. The Morgan fingerprint density at radius 3 is 2.93 bits per heavy atom. The summed E-state index contributed by atoms with van der Waals surface area (Å²) in [7, 11) is 0. The number of nitrogens with zero attached hydrogens (tertiary/aromatic N) is 4. The third-order valence-corrected chi connectivity index (χ3v) is 4.82. The summed E-state index contributed by atoms with van der Waals surface area (Å²) in [5, 5.41) is 16.9. The van der Waals surface area contributed by atoms with Gasteiger partial charge in [0.05, 0.1) is 22.8 Å². The number of hydrogen-bond donors (Lipinski definition) is 1. The number of hydrogen-bond acceptors (Lipinski definition) is 5. The van der Waals surface area contributed by atoms with Crippen molar-refractivity contribution in [3.63, 3.8) is 0 Å². The molecule has 0 saturated carbocycles. The maximum absolute atomic E-state index is 12.1. The molecule has 0 aliphatic carbocycles. The van der Waals surface area contributed by atoms with E-state index in [0.717, 1.165) is 16.8 Å². The zero-order chi connectivity index (χ0) is 19.6. The summed E-state index contributed by atoms with van der Waals surface area (Å²) in [5.74, 6) is -0.320. The molecule has 3 aromatic rings. The molecule has 1 amide bonds. The molecule has 3 rings (SSSR count). The Balaban J connectivity index is 1.70. The number of carbonyl (C=O) groups is 1. The molecule has 9 heteroatoms. The third kappa shape index (κ3) is 4.21. The molecule has 0 spiro atoms. The quantitative estimate of drug-likeness (QED) is 0.637. The number of carbonyl (C=O) groups excluding carboxylic acids is 1. The molecule has 1 aromatic carbocycles. The highest BCUT2D eigenvalue weighted by Gasteiger charge is 2.16. The summed E-state index contributed by atoms with van der Waals surface area (Å²) in [6, 6.07) is 7.28. The summed E-state index contributed by atoms with van der Waals surface area (Å²) < 4.78 is 6.71. The summed E-state index contributed by atoms with van der Waals surface area (Å²) in [6.45, 7) is 4.21. The van der Waals surface area contributed by atoms with Gasteiger partial charge in [-0.25, -0.2) is 0 Å². The molecule has 0 radical (unpaired) electrons. The first-order valence-corrected chi connectivity index (χ1v) is 9.21. The molecule has 138 valence electrons. The van der Waals surface area contributed by atoms with Crippen molar-refractivity contribution < 1.29 is 9.21 Å². The fourth-order valence-corrected chi connectivity index (χ4v) is 3.13. The zero-order valence-corrected chi connectivity index (χ0v) is 16.9. The Bertz CT molecular complexity index is 1040. The Hall–Kier alpha value is -2.63. The van der Waals surface area contributed by atoms with Crippen LogP contribution in [0.5, 0.6) is 0 Å². The second kappa shape index (κ2) is 7.94. The van der Waals surface area contributed by atoms with Gasteiger partial charge in [0, 0.05) is 33.7 Å². The van der Waals surface area contributed by atoms with Gasteiger partial charge >= 0.3 is 0 Å². The van der Waals surface area contributed by atoms with E-state index in [1.807, 2.05) is 32.2 Å². The van der Waals surface area contributed by atoms with Gasteiger partial charge in [-0.15, -0.1) is 0 Å². The van der Waals surface area contributed by atoms with Gasteiger partial charge in [0.15, 0.2) is 5.69 Å². The summed E-state index contributed by atoms with van der Waals surface area (Å²) in [6.07, 6.45) is 3.12. The summed E-state index contributed by atoms with van der Waals surface area (Å²) >= 11 is 9.30. The van der Waals surface area contributed by atoms with Crippen molar-refractivity contribution >= 4 is 33.4 Å². The second-order valence-corrected chi connectivity index (χ2v) is 7.05. The van der Waals surface area contributed by atoms with E-state index in [0.29, 0.717) is 17.1 Å². The van der Waals surface area contributed by atoms with Gasteiger partial charge in [0.25, 0.3) is 10.7 Å². The Labute approximate surface area is 169 Å². The molecule has 0 fully saturated rings. The molecule has 27 heavy (non-hydrogen) atoms. The molecule has 1 atom stereocenters. The predicted molar refractivity (Wildman–Crippen MR) is 103 cm³/mol. The normalized spacial score (nSPS) is 11.8. The standard InChI is InChI=1S/C18H15BrClN5O2/c1-10(22-17(26)15-9-27-18(19)23-15)8-25-6-5-14(24-25)13-4-3-12(7-21)16(20)11(13)2/h3-6,9-10H,8H2,1-2H3,(H,22,26). The summed E-state index contributed by atoms with van der Waals surface area (Å²) in [5.41, 5.74) is 3.06. The first kappa shape index (κ1) is 19.1. The molecule has 2 aromatic heterocycles. The van der Waals surface area contributed by atoms with Crippen LogP contribution >= 0.6 is 27.5 Å². The first-order chi connectivity index (χ1) is 12.9. The molecule has 7 nitrogen and oxygen atoms in total. The molecule has 0 saturated heterocycles. The lowest BCUT2D eigenvalue weighted by molar-refractivity contribution is 0.0931. The van der Waals surface area contributed by atoms with Crippen molar-refractivity contribution in [2.45, 2.75) is 26.4 Å². The average Bonchev–Trinajstić information content (AvgIpc) is 3.26. The second-order valence-electron chi connectivity index (χ2n) is 5.99. The van der Waals surface area contributed by atoms with Crippen molar-refractivity contribution in [1.29, 1.82) is 5.26 Å². The number of amides is 1. The van der Waals surface area contributed by atoms with Gasteiger partial charge in [-0.05, 0) is 31.5 Å². The van der Waals surface area contributed by atoms with Crippen LogP contribution in [0.2, 0.25) is 5.02 Å².